The molecule has 1 aliphatic rings. The van der Waals surface area contributed by atoms with Crippen molar-refractivity contribution in [2.75, 3.05) is 11.1 Å². The molecule has 0 unspecified atom stereocenters. The van der Waals surface area contributed by atoms with Crippen LogP contribution in [0.2, 0.25) is 0 Å². The Kier molecular flexibility index (Phi) is 5.93. The summed E-state index contributed by atoms with van der Waals surface area (Å²) in [7, 11) is 0. The van der Waals surface area contributed by atoms with Gasteiger partial charge in [0.2, 0.25) is 5.91 Å². The van der Waals surface area contributed by atoms with E-state index < -0.39 is 0 Å². The molecule has 6 heteroatoms. The van der Waals surface area contributed by atoms with Gasteiger partial charge < -0.3 is 5.32 Å². The third-order valence-corrected chi connectivity index (χ3v) is 7.63. The van der Waals surface area contributed by atoms with Crippen LogP contribution in [0.5, 0.6) is 0 Å². The van der Waals surface area contributed by atoms with E-state index in [0.717, 1.165) is 28.4 Å². The van der Waals surface area contributed by atoms with Gasteiger partial charge in [-0.05, 0) is 47.8 Å². The smallest absolute Gasteiger partial charge is 0.234 e. The molecule has 4 nitrogen and oxygen atoms in total. The fourth-order valence-electron chi connectivity index (χ4n) is 4.01. The number of para-hydroxylation sites is 1. The normalized spacial score (nSPS) is 13.4. The minimum absolute atomic E-state index is 0.0173. The van der Waals surface area contributed by atoms with Gasteiger partial charge in [0.1, 0.15) is 16.2 Å². The number of aryl methyl sites for hydroxylation is 2. The van der Waals surface area contributed by atoms with Gasteiger partial charge in [0.15, 0.2) is 0 Å². The summed E-state index contributed by atoms with van der Waals surface area (Å²) < 4.78 is 0. The summed E-state index contributed by atoms with van der Waals surface area (Å²) in [5.41, 5.74) is 4.76. The van der Waals surface area contributed by atoms with Crippen molar-refractivity contribution in [3.05, 3.63) is 46.1 Å². The average molecular weight is 426 g/mol. The standard InChI is InChI=1S/C23H27N3OS2/c1-13(2)15-7-5-8-16(14(3)4)21(15)26-19(27)11-28-22-20-17-9-6-10-18(17)29-23(20)25-12-24-22/h5,7-8,12-14H,6,9-11H2,1-4H3,(H,26,27). The quantitative estimate of drug-likeness (QED) is 0.380. The van der Waals surface area contributed by atoms with Crippen LogP contribution >= 0.6 is 23.1 Å². The number of nitrogens with zero attached hydrogens (tertiary/aromatic N) is 2. The number of hydrogen-bond acceptors (Lipinski definition) is 5. The first kappa shape index (κ1) is 20.4. The lowest BCUT2D eigenvalue weighted by Crippen LogP contribution is -2.17. The van der Waals surface area contributed by atoms with Crippen LogP contribution in [0.3, 0.4) is 0 Å². The van der Waals surface area contributed by atoms with E-state index in [9.17, 15) is 4.79 Å². The van der Waals surface area contributed by atoms with E-state index in [0.29, 0.717) is 17.6 Å². The zero-order chi connectivity index (χ0) is 20.5. The van der Waals surface area contributed by atoms with E-state index >= 15 is 0 Å². The molecular formula is C23H27N3OS2. The Hall–Kier alpha value is -1.92. The van der Waals surface area contributed by atoms with E-state index in [2.05, 4.69) is 61.2 Å². The summed E-state index contributed by atoms with van der Waals surface area (Å²) in [6.07, 6.45) is 5.08. The van der Waals surface area contributed by atoms with Gasteiger partial charge in [0.25, 0.3) is 0 Å². The molecule has 3 aromatic rings. The van der Waals surface area contributed by atoms with Gasteiger partial charge in [-0.1, -0.05) is 57.7 Å². The molecule has 152 valence electrons. The second-order valence-electron chi connectivity index (χ2n) is 8.17. The monoisotopic (exact) mass is 425 g/mol. The number of carbonyl (C=O) groups excluding carboxylic acids is 1. The number of rotatable bonds is 6. The zero-order valence-electron chi connectivity index (χ0n) is 17.4. The lowest BCUT2D eigenvalue weighted by Gasteiger charge is -2.20. The molecule has 0 spiro atoms. The SMILES string of the molecule is CC(C)c1cccc(C(C)C)c1NC(=O)CSc1ncnc2sc3c(c12)CCC3. The fraction of sp³-hybridized carbons (Fsp3) is 0.435. The Bertz CT molecular complexity index is 1030. The Morgan fingerprint density at radius 3 is 2.55 bits per heavy atom. The topological polar surface area (TPSA) is 54.9 Å². The number of nitrogens with one attached hydrogen (secondary N) is 1. The molecule has 1 N–H and O–H groups in total. The molecular weight excluding hydrogens is 398 g/mol. The van der Waals surface area contributed by atoms with Crippen molar-refractivity contribution in [1.82, 2.24) is 9.97 Å². The lowest BCUT2D eigenvalue weighted by atomic mass is 9.92. The van der Waals surface area contributed by atoms with Gasteiger partial charge in [-0.15, -0.1) is 11.3 Å². The number of anilines is 1. The summed E-state index contributed by atoms with van der Waals surface area (Å²) >= 11 is 3.30. The number of benzene rings is 1. The Morgan fingerprint density at radius 2 is 1.86 bits per heavy atom. The molecule has 0 atom stereocenters. The number of aromatic nitrogens is 2. The highest BCUT2D eigenvalue weighted by Gasteiger charge is 2.22. The molecule has 0 saturated heterocycles. The first-order chi connectivity index (χ1) is 14.0. The van der Waals surface area contributed by atoms with E-state index in [1.165, 1.54) is 45.1 Å². The van der Waals surface area contributed by atoms with Gasteiger partial charge in [0.05, 0.1) is 5.75 Å². The Morgan fingerprint density at radius 1 is 1.14 bits per heavy atom. The van der Waals surface area contributed by atoms with Crippen LogP contribution in [-0.2, 0) is 17.6 Å². The highest BCUT2D eigenvalue weighted by molar-refractivity contribution is 8.00. The van der Waals surface area contributed by atoms with Gasteiger partial charge in [0, 0.05) is 16.0 Å². The third-order valence-electron chi connectivity index (χ3n) is 5.44. The molecule has 29 heavy (non-hydrogen) atoms. The number of carbonyl (C=O) groups is 1. The predicted octanol–water partition coefficient (Wildman–Crippen LogP) is 6.16. The van der Waals surface area contributed by atoms with Crippen molar-refractivity contribution in [2.24, 2.45) is 0 Å². The van der Waals surface area contributed by atoms with Crippen molar-refractivity contribution < 1.29 is 4.79 Å². The third kappa shape index (κ3) is 4.05. The van der Waals surface area contributed by atoms with Crippen molar-refractivity contribution in [2.45, 2.75) is 63.8 Å². The molecule has 0 radical (unpaired) electrons. The molecule has 1 aromatic carbocycles. The second-order valence-corrected chi connectivity index (χ2v) is 10.2. The van der Waals surface area contributed by atoms with E-state index in [-0.39, 0.29) is 5.91 Å². The molecule has 2 heterocycles. The molecule has 2 aromatic heterocycles. The summed E-state index contributed by atoms with van der Waals surface area (Å²) in [6, 6.07) is 6.31. The second kappa shape index (κ2) is 8.44. The van der Waals surface area contributed by atoms with E-state index in [1.807, 2.05) is 0 Å². The van der Waals surface area contributed by atoms with Crippen LogP contribution in [0.4, 0.5) is 5.69 Å². The first-order valence-corrected chi connectivity index (χ1v) is 12.1. The van der Waals surface area contributed by atoms with Crippen LogP contribution in [0.1, 0.15) is 67.5 Å². The fourth-order valence-corrected chi connectivity index (χ4v) is 6.13. The molecule has 0 bridgehead atoms. The molecule has 1 amide bonds. The van der Waals surface area contributed by atoms with Gasteiger partial charge >= 0.3 is 0 Å². The van der Waals surface area contributed by atoms with Crippen LogP contribution < -0.4 is 5.32 Å². The molecule has 0 saturated carbocycles. The summed E-state index contributed by atoms with van der Waals surface area (Å²) in [4.78, 5) is 24.3. The maximum absolute atomic E-state index is 12.9. The van der Waals surface area contributed by atoms with Crippen LogP contribution in [0.15, 0.2) is 29.6 Å². The molecule has 4 rings (SSSR count). The number of thiophene rings is 1. The highest BCUT2D eigenvalue weighted by atomic mass is 32.2. The van der Waals surface area contributed by atoms with Gasteiger partial charge in [-0.25, -0.2) is 9.97 Å². The molecule has 0 aliphatic heterocycles. The van der Waals surface area contributed by atoms with Crippen molar-refractivity contribution in [3.8, 4) is 0 Å². The summed E-state index contributed by atoms with van der Waals surface area (Å²) in [5, 5.41) is 5.32. The maximum atomic E-state index is 12.9. The van der Waals surface area contributed by atoms with Gasteiger partial charge in [-0.2, -0.15) is 0 Å². The molecule has 1 aliphatic carbocycles. The first-order valence-electron chi connectivity index (χ1n) is 10.3. The minimum Gasteiger partial charge on any atom is -0.325 e. The van der Waals surface area contributed by atoms with Crippen molar-refractivity contribution >= 4 is 44.9 Å². The van der Waals surface area contributed by atoms with E-state index in [1.54, 1.807) is 17.7 Å². The number of hydrogen-bond donors (Lipinski definition) is 1. The van der Waals surface area contributed by atoms with Crippen molar-refractivity contribution in [3.63, 3.8) is 0 Å². The largest absolute Gasteiger partial charge is 0.325 e. The summed E-state index contributed by atoms with van der Waals surface area (Å²) in [6.45, 7) is 8.66. The van der Waals surface area contributed by atoms with Crippen molar-refractivity contribution in [1.29, 1.82) is 0 Å². The van der Waals surface area contributed by atoms with E-state index in [4.69, 9.17) is 0 Å². The lowest BCUT2D eigenvalue weighted by molar-refractivity contribution is -0.113. The average Bonchev–Trinajstić information content (AvgIpc) is 3.27. The van der Waals surface area contributed by atoms with Crippen LogP contribution in [0, 0.1) is 0 Å². The molecule has 0 fully saturated rings. The zero-order valence-corrected chi connectivity index (χ0v) is 19.0. The maximum Gasteiger partial charge on any atom is 0.234 e. The van der Waals surface area contributed by atoms with Crippen LogP contribution in [0.25, 0.3) is 10.2 Å². The highest BCUT2D eigenvalue weighted by Crippen LogP contribution is 2.40. The number of thioether (sulfide) groups is 1. The Balaban J connectivity index is 1.54. The summed E-state index contributed by atoms with van der Waals surface area (Å²) in [5.74, 6) is 1.07. The minimum atomic E-state index is 0.0173. The predicted molar refractivity (Wildman–Crippen MR) is 123 cm³/mol. The number of amides is 1. The van der Waals surface area contributed by atoms with Gasteiger partial charge in [-0.3, -0.25) is 4.79 Å². The van der Waals surface area contributed by atoms with Crippen LogP contribution in [-0.4, -0.2) is 21.6 Å². The number of fused-ring (bicyclic) bond motifs is 3. The Labute approximate surface area is 180 Å².